The summed E-state index contributed by atoms with van der Waals surface area (Å²) in [4.78, 5) is 2.24. The molecule has 0 bridgehead atoms. The van der Waals surface area contributed by atoms with E-state index in [1.807, 2.05) is 48.5 Å². The van der Waals surface area contributed by atoms with Gasteiger partial charge in [-0.2, -0.15) is 10.5 Å². The van der Waals surface area contributed by atoms with Gasteiger partial charge in [-0.25, -0.2) is 0 Å². The van der Waals surface area contributed by atoms with Gasteiger partial charge in [0.1, 0.15) is 17.7 Å². The molecule has 3 aromatic carbocycles. The summed E-state index contributed by atoms with van der Waals surface area (Å²) < 4.78 is 0. The number of hydrogen-bond donors (Lipinski definition) is 0. The molecule has 0 amide bonds. The molecule has 3 heteroatoms. The summed E-state index contributed by atoms with van der Waals surface area (Å²) in [5, 5.41) is 18.6. The molecule has 0 saturated carbocycles. The fraction of sp³-hybridized carbons (Fsp3) is 0.0833. The van der Waals surface area contributed by atoms with Gasteiger partial charge in [-0.1, -0.05) is 48.5 Å². The Morgan fingerprint density at radius 1 is 0.704 bits per heavy atom. The van der Waals surface area contributed by atoms with Crippen LogP contribution >= 0.6 is 0 Å². The summed E-state index contributed by atoms with van der Waals surface area (Å²) in [6, 6.07) is 30.7. The van der Waals surface area contributed by atoms with Crippen LogP contribution in [-0.4, -0.2) is 0 Å². The van der Waals surface area contributed by atoms with Gasteiger partial charge in [-0.3, -0.25) is 0 Å². The summed E-state index contributed by atoms with van der Waals surface area (Å²) in [7, 11) is 0. The zero-order chi connectivity index (χ0) is 18.6. The Morgan fingerprint density at radius 2 is 1.30 bits per heavy atom. The summed E-state index contributed by atoms with van der Waals surface area (Å²) in [6.45, 7) is 0. The predicted molar refractivity (Wildman–Crippen MR) is 108 cm³/mol. The Bertz CT molecular complexity index is 1030. The highest BCUT2D eigenvalue weighted by atomic mass is 15.1. The van der Waals surface area contributed by atoms with Crippen LogP contribution < -0.4 is 4.90 Å². The van der Waals surface area contributed by atoms with E-state index in [0.717, 1.165) is 41.0 Å². The molecule has 27 heavy (non-hydrogen) atoms. The van der Waals surface area contributed by atoms with Crippen molar-refractivity contribution in [1.82, 2.24) is 0 Å². The van der Waals surface area contributed by atoms with E-state index in [4.69, 9.17) is 0 Å². The average Bonchev–Trinajstić information content (AvgIpc) is 3.16. The van der Waals surface area contributed by atoms with E-state index in [-0.39, 0.29) is 5.57 Å². The van der Waals surface area contributed by atoms with Crippen molar-refractivity contribution >= 4 is 22.6 Å². The van der Waals surface area contributed by atoms with Crippen LogP contribution in [0, 0.1) is 22.7 Å². The van der Waals surface area contributed by atoms with Gasteiger partial charge in [0.25, 0.3) is 0 Å². The van der Waals surface area contributed by atoms with E-state index in [2.05, 4.69) is 47.4 Å². The second kappa shape index (κ2) is 7.20. The van der Waals surface area contributed by atoms with Gasteiger partial charge < -0.3 is 4.90 Å². The maximum Gasteiger partial charge on any atom is 0.133 e. The molecule has 0 aromatic heterocycles. The van der Waals surface area contributed by atoms with Crippen molar-refractivity contribution < 1.29 is 0 Å². The predicted octanol–water partition coefficient (Wildman–Crippen LogP) is 5.90. The lowest BCUT2D eigenvalue weighted by Gasteiger charge is -2.27. The van der Waals surface area contributed by atoms with Crippen LogP contribution in [0.5, 0.6) is 0 Å². The first-order valence-electron chi connectivity index (χ1n) is 8.89. The van der Waals surface area contributed by atoms with Crippen LogP contribution in [-0.2, 0) is 6.42 Å². The van der Waals surface area contributed by atoms with Crippen LogP contribution in [0.3, 0.4) is 0 Å². The molecular weight excluding hydrogens is 330 g/mol. The lowest BCUT2D eigenvalue weighted by Crippen LogP contribution is -2.11. The molecule has 0 heterocycles. The second-order valence-electron chi connectivity index (χ2n) is 6.39. The first-order chi connectivity index (χ1) is 13.3. The fourth-order valence-corrected chi connectivity index (χ4v) is 3.72. The maximum atomic E-state index is 9.31. The lowest BCUT2D eigenvalue weighted by atomic mass is 10.0. The summed E-state index contributed by atoms with van der Waals surface area (Å²) in [5.74, 6) is 0. The number of allylic oxidation sites excluding steroid dienone is 2. The van der Waals surface area contributed by atoms with Gasteiger partial charge in [-0.05, 0) is 59.9 Å². The molecular formula is C24H17N3. The zero-order valence-corrected chi connectivity index (χ0v) is 14.8. The van der Waals surface area contributed by atoms with Crippen molar-refractivity contribution in [3.8, 4) is 12.1 Å². The van der Waals surface area contributed by atoms with Crippen molar-refractivity contribution in [2.24, 2.45) is 0 Å². The molecule has 3 nitrogen and oxygen atoms in total. The van der Waals surface area contributed by atoms with Crippen LogP contribution in [0.4, 0.5) is 17.1 Å². The number of hydrogen-bond acceptors (Lipinski definition) is 3. The van der Waals surface area contributed by atoms with Crippen LogP contribution in [0.25, 0.3) is 5.57 Å². The molecule has 0 spiro atoms. The van der Waals surface area contributed by atoms with Crippen molar-refractivity contribution in [2.45, 2.75) is 12.8 Å². The van der Waals surface area contributed by atoms with Gasteiger partial charge in [-0.15, -0.1) is 0 Å². The number of anilines is 3. The van der Waals surface area contributed by atoms with Crippen molar-refractivity contribution in [3.05, 3.63) is 95.6 Å². The third-order valence-electron chi connectivity index (χ3n) is 4.90. The Morgan fingerprint density at radius 3 is 1.85 bits per heavy atom. The molecule has 0 aliphatic heterocycles. The van der Waals surface area contributed by atoms with Gasteiger partial charge in [0.05, 0.1) is 0 Å². The van der Waals surface area contributed by atoms with Crippen molar-refractivity contribution in [1.29, 1.82) is 10.5 Å². The van der Waals surface area contributed by atoms with E-state index in [1.54, 1.807) is 0 Å². The average molecular weight is 347 g/mol. The lowest BCUT2D eigenvalue weighted by molar-refractivity contribution is 1.07. The second-order valence-corrected chi connectivity index (χ2v) is 6.39. The van der Waals surface area contributed by atoms with Gasteiger partial charge in [0, 0.05) is 17.1 Å². The van der Waals surface area contributed by atoms with Gasteiger partial charge >= 0.3 is 0 Å². The third-order valence-corrected chi connectivity index (χ3v) is 4.90. The Kier molecular flexibility index (Phi) is 4.44. The minimum absolute atomic E-state index is 0.219. The first kappa shape index (κ1) is 16.6. The number of benzene rings is 3. The minimum atomic E-state index is 0.219. The molecule has 4 rings (SSSR count). The molecule has 0 unspecified atom stereocenters. The number of nitriles is 2. The number of para-hydroxylation sites is 2. The number of fused-ring (bicyclic) bond motifs is 1. The quantitative estimate of drug-likeness (QED) is 0.554. The minimum Gasteiger partial charge on any atom is -0.310 e. The number of nitrogens with zero attached hydrogens (tertiary/aromatic N) is 3. The number of rotatable bonds is 3. The smallest absolute Gasteiger partial charge is 0.133 e. The fourth-order valence-electron chi connectivity index (χ4n) is 3.72. The summed E-state index contributed by atoms with van der Waals surface area (Å²) in [5.41, 5.74) is 6.53. The topological polar surface area (TPSA) is 50.8 Å². The van der Waals surface area contributed by atoms with Gasteiger partial charge in [0.2, 0.25) is 0 Å². The van der Waals surface area contributed by atoms with Crippen LogP contribution in [0.1, 0.15) is 17.5 Å². The zero-order valence-electron chi connectivity index (χ0n) is 14.8. The Labute approximate surface area is 159 Å². The molecule has 1 aliphatic carbocycles. The molecule has 0 fully saturated rings. The Hall–Kier alpha value is -3.82. The largest absolute Gasteiger partial charge is 0.310 e. The van der Waals surface area contributed by atoms with Crippen LogP contribution in [0.2, 0.25) is 0 Å². The van der Waals surface area contributed by atoms with E-state index in [1.165, 1.54) is 5.56 Å². The molecule has 0 radical (unpaired) electrons. The van der Waals surface area contributed by atoms with E-state index < -0.39 is 0 Å². The molecule has 128 valence electrons. The van der Waals surface area contributed by atoms with E-state index in [0.29, 0.717) is 0 Å². The monoisotopic (exact) mass is 347 g/mol. The summed E-state index contributed by atoms with van der Waals surface area (Å²) in [6.07, 6.45) is 1.55. The molecule has 0 saturated heterocycles. The van der Waals surface area contributed by atoms with Crippen molar-refractivity contribution in [3.63, 3.8) is 0 Å². The van der Waals surface area contributed by atoms with Gasteiger partial charge in [0.15, 0.2) is 0 Å². The molecule has 0 atom stereocenters. The third kappa shape index (κ3) is 2.97. The normalized spacial score (nSPS) is 12.0. The molecule has 0 N–H and O–H groups in total. The highest BCUT2D eigenvalue weighted by Gasteiger charge is 2.25. The van der Waals surface area contributed by atoms with Crippen molar-refractivity contribution in [2.75, 3.05) is 4.90 Å². The molecule has 1 aliphatic rings. The first-order valence-corrected chi connectivity index (χ1v) is 8.89. The maximum absolute atomic E-state index is 9.31. The standard InChI is InChI=1S/C24H17N3/c25-16-18(17-26)21-14-15-23-22(21)12-7-13-24(23)27(19-8-3-1-4-9-19)20-10-5-2-6-11-20/h1-13H,14-15H2. The van der Waals surface area contributed by atoms with E-state index in [9.17, 15) is 10.5 Å². The van der Waals surface area contributed by atoms with E-state index >= 15 is 0 Å². The molecule has 3 aromatic rings. The highest BCUT2D eigenvalue weighted by molar-refractivity contribution is 5.87. The SMILES string of the molecule is N#CC(C#N)=C1CCc2c1cccc2N(c1ccccc1)c1ccccc1. The van der Waals surface area contributed by atoms with Crippen LogP contribution in [0.15, 0.2) is 84.4 Å². The highest BCUT2D eigenvalue weighted by Crippen LogP contribution is 2.44. The Balaban J connectivity index is 1.93. The summed E-state index contributed by atoms with van der Waals surface area (Å²) >= 11 is 0.